The Balaban J connectivity index is 0.000000336. The second kappa shape index (κ2) is 13.0. The van der Waals surface area contributed by atoms with Gasteiger partial charge < -0.3 is 40.2 Å². The summed E-state index contributed by atoms with van der Waals surface area (Å²) < 4.78 is 16.6. The smallest absolute Gasteiger partial charge is 0.394 e. The summed E-state index contributed by atoms with van der Waals surface area (Å²) in [6, 6.07) is 0. The monoisotopic (exact) mass is 406 g/mol. The van der Waals surface area contributed by atoms with Crippen molar-refractivity contribution in [2.24, 2.45) is 0 Å². The van der Waals surface area contributed by atoms with Crippen molar-refractivity contribution in [1.82, 2.24) is 10.6 Å². The van der Waals surface area contributed by atoms with E-state index in [-0.39, 0.29) is 38.0 Å². The first-order valence-corrected chi connectivity index (χ1v) is 8.84. The van der Waals surface area contributed by atoms with Crippen molar-refractivity contribution in [3.8, 4) is 0 Å². The quantitative estimate of drug-likeness (QED) is 0.218. The molecule has 3 unspecified atom stereocenters. The van der Waals surface area contributed by atoms with Gasteiger partial charge in [0.15, 0.2) is 0 Å². The Labute approximate surface area is 161 Å². The maximum atomic E-state index is 10.7. The van der Waals surface area contributed by atoms with E-state index in [2.05, 4.69) is 10.6 Å². The summed E-state index contributed by atoms with van der Waals surface area (Å²) in [5, 5.41) is 28.9. The lowest BCUT2D eigenvalue weighted by Crippen LogP contribution is -2.33. The van der Waals surface area contributed by atoms with Crippen LogP contribution in [0.5, 0.6) is 0 Å². The molecule has 0 radical (unpaired) electrons. The maximum Gasteiger partial charge on any atom is 0.394 e. The predicted octanol–water partition coefficient (Wildman–Crippen LogP) is -2.28. The minimum Gasteiger partial charge on any atom is -0.474 e. The minimum atomic E-state index is -1.50. The van der Waals surface area contributed by atoms with Gasteiger partial charge in [-0.2, -0.15) is 0 Å². The lowest BCUT2D eigenvalue weighted by atomic mass is 10.1. The number of nitrogens with one attached hydrogen (secondary N) is 2. The molecule has 2 aliphatic heterocycles. The van der Waals surface area contributed by atoms with Crippen molar-refractivity contribution in [1.29, 1.82) is 0 Å². The summed E-state index contributed by atoms with van der Waals surface area (Å²) in [4.78, 5) is 41.0. The molecule has 5 N–H and O–H groups in total. The van der Waals surface area contributed by atoms with Gasteiger partial charge in [-0.1, -0.05) is 0 Å². The highest BCUT2D eigenvalue weighted by Crippen LogP contribution is 2.28. The molecular weight excluding hydrogens is 380 g/mol. The van der Waals surface area contributed by atoms with Crippen LogP contribution in [-0.2, 0) is 33.4 Å². The first-order valence-electron chi connectivity index (χ1n) is 8.84. The Bertz CT molecular complexity index is 542. The lowest BCUT2D eigenvalue weighted by Gasteiger charge is -2.16. The number of hydrogen-bond donors (Lipinski definition) is 5. The van der Waals surface area contributed by atoms with Crippen molar-refractivity contribution >= 4 is 23.8 Å². The maximum absolute atomic E-state index is 10.7. The van der Waals surface area contributed by atoms with E-state index in [4.69, 9.17) is 29.5 Å². The molecule has 0 aromatic carbocycles. The molecule has 0 aromatic rings. The molecule has 2 fully saturated rings. The van der Waals surface area contributed by atoms with Crippen LogP contribution in [0, 0.1) is 0 Å². The van der Waals surface area contributed by atoms with Crippen molar-refractivity contribution in [2.45, 2.75) is 37.6 Å². The first kappa shape index (κ1) is 23.8. The van der Waals surface area contributed by atoms with Crippen LogP contribution in [-0.4, -0.2) is 96.9 Å². The van der Waals surface area contributed by atoms with Gasteiger partial charge in [-0.05, 0) is 19.3 Å². The van der Waals surface area contributed by atoms with Gasteiger partial charge in [0, 0.05) is 32.9 Å². The summed E-state index contributed by atoms with van der Waals surface area (Å²) in [5.74, 6) is -4.99. The van der Waals surface area contributed by atoms with Crippen LogP contribution in [0.15, 0.2) is 0 Å². The number of carbonyl (C=O) groups is 4. The molecule has 2 saturated heterocycles. The third kappa shape index (κ3) is 8.61. The molecule has 0 aliphatic carbocycles. The van der Waals surface area contributed by atoms with Crippen LogP contribution in [0.2, 0.25) is 0 Å². The average molecular weight is 406 g/mol. The van der Waals surface area contributed by atoms with Gasteiger partial charge >= 0.3 is 23.8 Å². The number of carboxylic acid groups (broad SMARTS) is 2. The van der Waals surface area contributed by atoms with Gasteiger partial charge in [-0.3, -0.25) is 9.59 Å². The number of amides is 2. The second-order valence-electron chi connectivity index (χ2n) is 5.96. The fourth-order valence-electron chi connectivity index (χ4n) is 2.51. The van der Waals surface area contributed by atoms with Crippen LogP contribution in [0.4, 0.5) is 0 Å². The molecule has 2 heterocycles. The van der Waals surface area contributed by atoms with E-state index in [1.807, 2.05) is 0 Å². The molecule has 160 valence electrons. The summed E-state index contributed by atoms with van der Waals surface area (Å²) >= 11 is 0. The van der Waals surface area contributed by atoms with Crippen molar-refractivity contribution in [3.63, 3.8) is 0 Å². The summed E-state index contributed by atoms with van der Waals surface area (Å²) in [6.45, 7) is 2.12. The molecule has 3 atom stereocenters. The molecule has 0 spiro atoms. The van der Waals surface area contributed by atoms with Gasteiger partial charge in [0.2, 0.25) is 0 Å². The third-order valence-electron chi connectivity index (χ3n) is 3.87. The zero-order valence-corrected chi connectivity index (χ0v) is 15.3. The molecule has 0 aromatic heterocycles. The number of hydrogen-bond acceptors (Lipinski definition) is 8. The fraction of sp³-hybridized carbons (Fsp3) is 0.750. The number of aliphatic carboxylic acids is 2. The molecule has 2 rings (SSSR count). The standard InChI is InChI=1S/C11H17NO6.C5H9NO4/c13-10(11(14)15)12-3-1-4-16-8-6-18-7-2-5-17-9(7)8;7-3-1-2-6-4(8)5(9)10/h7-9H,1-6H2,(H,12,13)(H,14,15);7H,1-3H2,(H,6,8)(H,9,10). The van der Waals surface area contributed by atoms with Crippen LogP contribution in [0.25, 0.3) is 0 Å². The average Bonchev–Trinajstić information content (AvgIpc) is 3.26. The van der Waals surface area contributed by atoms with Crippen molar-refractivity contribution < 1.29 is 48.7 Å². The summed E-state index contributed by atoms with van der Waals surface area (Å²) in [7, 11) is 0. The number of rotatable bonds is 8. The van der Waals surface area contributed by atoms with Gasteiger partial charge in [-0.25, -0.2) is 9.59 Å². The fourth-order valence-corrected chi connectivity index (χ4v) is 2.51. The number of ether oxygens (including phenoxy) is 3. The van der Waals surface area contributed by atoms with Crippen molar-refractivity contribution in [2.75, 3.05) is 39.5 Å². The molecule has 28 heavy (non-hydrogen) atoms. The Morgan fingerprint density at radius 2 is 1.57 bits per heavy atom. The normalized spacial score (nSPS) is 22.5. The van der Waals surface area contributed by atoms with Crippen LogP contribution >= 0.6 is 0 Å². The van der Waals surface area contributed by atoms with Crippen molar-refractivity contribution in [3.05, 3.63) is 0 Å². The number of aliphatic hydroxyl groups is 1. The number of carbonyl (C=O) groups excluding carboxylic acids is 2. The van der Waals surface area contributed by atoms with E-state index in [0.29, 0.717) is 32.7 Å². The Morgan fingerprint density at radius 3 is 2.14 bits per heavy atom. The predicted molar refractivity (Wildman–Crippen MR) is 91.4 cm³/mol. The van der Waals surface area contributed by atoms with Crippen LogP contribution in [0.1, 0.15) is 19.3 Å². The van der Waals surface area contributed by atoms with Crippen LogP contribution < -0.4 is 10.6 Å². The van der Waals surface area contributed by atoms with Gasteiger partial charge in [0.1, 0.15) is 12.2 Å². The zero-order chi connectivity index (χ0) is 20.9. The summed E-state index contributed by atoms with van der Waals surface area (Å²) in [5.41, 5.74) is 0. The highest BCUT2D eigenvalue weighted by molar-refractivity contribution is 6.31. The van der Waals surface area contributed by atoms with Gasteiger partial charge in [0.05, 0.1) is 12.7 Å². The van der Waals surface area contributed by atoms with E-state index in [1.54, 1.807) is 0 Å². The summed E-state index contributed by atoms with van der Waals surface area (Å²) in [6.07, 6.45) is 1.98. The molecular formula is C16H26N2O10. The van der Waals surface area contributed by atoms with E-state index in [1.165, 1.54) is 0 Å². The molecule has 12 nitrogen and oxygen atoms in total. The Morgan fingerprint density at radius 1 is 0.964 bits per heavy atom. The van der Waals surface area contributed by atoms with Crippen LogP contribution in [0.3, 0.4) is 0 Å². The SMILES string of the molecule is O=C(O)C(=O)NCCCO.O=C(O)C(=O)NCCCOC1COC2CCOC21. The Hall–Kier alpha value is -2.28. The minimum absolute atomic E-state index is 0.0265. The van der Waals surface area contributed by atoms with E-state index < -0.39 is 23.8 Å². The number of carboxylic acids is 2. The molecule has 12 heteroatoms. The third-order valence-corrected chi connectivity index (χ3v) is 3.87. The molecule has 2 aliphatic rings. The molecule has 2 amide bonds. The largest absolute Gasteiger partial charge is 0.474 e. The second-order valence-corrected chi connectivity index (χ2v) is 5.96. The topological polar surface area (TPSA) is 181 Å². The Kier molecular flexibility index (Phi) is 11.0. The zero-order valence-electron chi connectivity index (χ0n) is 15.3. The van der Waals surface area contributed by atoms with E-state index in [9.17, 15) is 19.2 Å². The van der Waals surface area contributed by atoms with Gasteiger partial charge in [-0.15, -0.1) is 0 Å². The molecule has 0 bridgehead atoms. The molecule has 0 saturated carbocycles. The highest BCUT2D eigenvalue weighted by Gasteiger charge is 2.42. The number of fused-ring (bicyclic) bond motifs is 1. The van der Waals surface area contributed by atoms with E-state index >= 15 is 0 Å². The van der Waals surface area contributed by atoms with E-state index in [0.717, 1.165) is 6.42 Å². The lowest BCUT2D eigenvalue weighted by molar-refractivity contribution is -0.150. The highest BCUT2D eigenvalue weighted by atomic mass is 16.6. The number of aliphatic hydroxyl groups excluding tert-OH is 1. The first-order chi connectivity index (χ1) is 13.4. The van der Waals surface area contributed by atoms with Gasteiger partial charge in [0.25, 0.3) is 0 Å².